The average Bonchev–Trinajstić information content (AvgIpc) is 1.99. The molecule has 1 radical (unpaired) electrons. The number of ketones is 2. The molecule has 0 aromatic heterocycles. The summed E-state index contributed by atoms with van der Waals surface area (Å²) in [7, 11) is 0. The fourth-order valence-corrected chi connectivity index (χ4v) is 1.14. The molecule has 2 nitrogen and oxygen atoms in total. The van der Waals surface area contributed by atoms with E-state index in [1.807, 2.05) is 0 Å². The molecule has 0 aromatic carbocycles. The molecular weight excluding hydrogens is 291 g/mol. The maximum absolute atomic E-state index is 9.98. The SMILES string of the molecule is C1=C\CC/C=C\CC/1.CC(=O)[CH-]C(C)=O.[Rh]. The van der Waals surface area contributed by atoms with E-state index in [1.165, 1.54) is 39.5 Å². The van der Waals surface area contributed by atoms with Crippen LogP contribution in [0.25, 0.3) is 0 Å². The molecule has 0 N–H and O–H groups in total. The van der Waals surface area contributed by atoms with Gasteiger partial charge in [0.15, 0.2) is 0 Å². The molecule has 0 saturated heterocycles. The number of allylic oxidation sites excluding steroid dienone is 4. The number of hydrogen-bond donors (Lipinski definition) is 0. The standard InChI is InChI=1S/C8H12.C5H7O2.Rh/c1-2-4-6-8-7-5-3-1;1-4(6)3-5(2)7;/h1-2,7-8H,3-6H2;3H,1-2H3;/q;-1;/b2-1-,8-7-;;. The Balaban J connectivity index is 0. The van der Waals surface area contributed by atoms with Crippen LogP contribution in [0.3, 0.4) is 0 Å². The summed E-state index contributed by atoms with van der Waals surface area (Å²) in [5, 5.41) is 0. The Labute approximate surface area is 111 Å². The molecule has 0 spiro atoms. The summed E-state index contributed by atoms with van der Waals surface area (Å²) in [6.45, 7) is 2.70. The van der Waals surface area contributed by atoms with Gasteiger partial charge in [0.1, 0.15) is 0 Å². The van der Waals surface area contributed by atoms with Crippen molar-refractivity contribution in [3.63, 3.8) is 0 Å². The first-order chi connectivity index (χ1) is 7.13. The van der Waals surface area contributed by atoms with Crippen molar-refractivity contribution in [3.8, 4) is 0 Å². The molecule has 0 unspecified atom stereocenters. The first kappa shape index (κ1) is 17.7. The minimum atomic E-state index is -0.187. The fourth-order valence-electron chi connectivity index (χ4n) is 1.14. The van der Waals surface area contributed by atoms with Gasteiger partial charge in [-0.05, 0) is 39.5 Å². The summed E-state index contributed by atoms with van der Waals surface area (Å²) < 4.78 is 0. The Hall–Kier alpha value is -0.687. The average molecular weight is 310 g/mol. The maximum atomic E-state index is 9.98. The Morgan fingerprint density at radius 2 is 1.06 bits per heavy atom. The maximum Gasteiger partial charge on any atom is 0.00219 e. The second-order valence-corrected chi connectivity index (χ2v) is 3.46. The van der Waals surface area contributed by atoms with Crippen LogP contribution in [0, 0.1) is 6.42 Å². The third kappa shape index (κ3) is 15.8. The molecule has 16 heavy (non-hydrogen) atoms. The number of Topliss-reactive ketones (excluding diaryl/α,β-unsaturated/α-hetero) is 2. The van der Waals surface area contributed by atoms with Crippen LogP contribution >= 0.6 is 0 Å². The predicted octanol–water partition coefficient (Wildman–Crippen LogP) is 3.04. The molecule has 0 saturated carbocycles. The summed E-state index contributed by atoms with van der Waals surface area (Å²) in [4.78, 5) is 20.0. The van der Waals surface area contributed by atoms with Crippen molar-refractivity contribution in [1.29, 1.82) is 0 Å². The van der Waals surface area contributed by atoms with Crippen molar-refractivity contribution in [1.82, 2.24) is 0 Å². The Morgan fingerprint density at radius 1 is 0.812 bits per heavy atom. The smallest absolute Gasteiger partial charge is 0.00219 e. The van der Waals surface area contributed by atoms with Crippen molar-refractivity contribution in [2.45, 2.75) is 39.5 Å². The number of hydrogen-bond acceptors (Lipinski definition) is 2. The van der Waals surface area contributed by atoms with Crippen LogP contribution in [0.2, 0.25) is 0 Å². The third-order valence-corrected chi connectivity index (χ3v) is 1.74. The minimum Gasteiger partial charge on any atom is -0.334 e. The molecule has 0 heterocycles. The molecule has 0 aromatic rings. The van der Waals surface area contributed by atoms with Crippen LogP contribution in [-0.4, -0.2) is 11.6 Å². The van der Waals surface area contributed by atoms with E-state index in [0.29, 0.717) is 0 Å². The van der Waals surface area contributed by atoms with E-state index in [-0.39, 0.29) is 31.0 Å². The third-order valence-electron chi connectivity index (χ3n) is 1.74. The van der Waals surface area contributed by atoms with Crippen molar-refractivity contribution in [3.05, 3.63) is 30.7 Å². The summed E-state index contributed by atoms with van der Waals surface area (Å²) in [6, 6.07) is 0. The van der Waals surface area contributed by atoms with E-state index in [2.05, 4.69) is 24.3 Å². The van der Waals surface area contributed by atoms with Crippen LogP contribution in [0.15, 0.2) is 24.3 Å². The molecule has 1 aliphatic carbocycles. The van der Waals surface area contributed by atoms with Crippen LogP contribution in [0.5, 0.6) is 0 Å². The van der Waals surface area contributed by atoms with Gasteiger partial charge in [0.2, 0.25) is 0 Å². The minimum absolute atomic E-state index is 0. The molecule has 3 heteroatoms. The zero-order valence-electron chi connectivity index (χ0n) is 9.87. The van der Waals surface area contributed by atoms with Gasteiger partial charge in [-0.25, -0.2) is 0 Å². The van der Waals surface area contributed by atoms with E-state index in [0.717, 1.165) is 6.42 Å². The van der Waals surface area contributed by atoms with Gasteiger partial charge >= 0.3 is 0 Å². The Kier molecular flexibility index (Phi) is 13.7. The topological polar surface area (TPSA) is 34.1 Å². The molecule has 93 valence electrons. The Morgan fingerprint density at radius 3 is 1.19 bits per heavy atom. The molecule has 0 bridgehead atoms. The fraction of sp³-hybridized carbons (Fsp3) is 0.462. The second kappa shape index (κ2) is 12.4. The van der Waals surface area contributed by atoms with Gasteiger partial charge < -0.3 is 9.59 Å². The number of carbonyl (C=O) groups is 2. The summed E-state index contributed by atoms with van der Waals surface area (Å²) in [6.07, 6.45) is 15.1. The predicted molar refractivity (Wildman–Crippen MR) is 62.4 cm³/mol. The van der Waals surface area contributed by atoms with Gasteiger partial charge in [0.25, 0.3) is 0 Å². The van der Waals surface area contributed by atoms with Crippen LogP contribution < -0.4 is 0 Å². The van der Waals surface area contributed by atoms with Gasteiger partial charge in [-0.3, -0.25) is 6.42 Å². The molecule has 0 atom stereocenters. The molecule has 0 aliphatic heterocycles. The molecule has 1 aliphatic rings. The van der Waals surface area contributed by atoms with Crippen LogP contribution in [0.4, 0.5) is 0 Å². The van der Waals surface area contributed by atoms with Crippen LogP contribution in [-0.2, 0) is 29.1 Å². The largest absolute Gasteiger partial charge is 0.334 e. The summed E-state index contributed by atoms with van der Waals surface area (Å²) in [5.74, 6) is -0.375. The van der Waals surface area contributed by atoms with Crippen molar-refractivity contribution < 1.29 is 29.1 Å². The molecule has 1 rings (SSSR count). The van der Waals surface area contributed by atoms with Crippen molar-refractivity contribution in [2.75, 3.05) is 0 Å². The van der Waals surface area contributed by atoms with Gasteiger partial charge in [-0.2, -0.15) is 0 Å². The second-order valence-electron chi connectivity index (χ2n) is 3.46. The zero-order chi connectivity index (χ0) is 11.5. The van der Waals surface area contributed by atoms with Gasteiger partial charge in [0, 0.05) is 31.0 Å². The Bertz CT molecular complexity index is 217. The van der Waals surface area contributed by atoms with E-state index in [1.54, 1.807) is 0 Å². The summed E-state index contributed by atoms with van der Waals surface area (Å²) in [5.41, 5.74) is 0. The van der Waals surface area contributed by atoms with E-state index >= 15 is 0 Å². The van der Waals surface area contributed by atoms with Crippen molar-refractivity contribution >= 4 is 11.6 Å². The number of carbonyl (C=O) groups excluding carboxylic acids is 2. The monoisotopic (exact) mass is 310 g/mol. The van der Waals surface area contributed by atoms with Gasteiger partial charge in [0.05, 0.1) is 0 Å². The molecule has 0 fully saturated rings. The van der Waals surface area contributed by atoms with Crippen molar-refractivity contribution in [2.24, 2.45) is 0 Å². The number of rotatable bonds is 2. The normalized spacial score (nSPS) is 17.4. The zero-order valence-corrected chi connectivity index (χ0v) is 11.5. The first-order valence-electron chi connectivity index (χ1n) is 5.29. The first-order valence-corrected chi connectivity index (χ1v) is 5.29. The summed E-state index contributed by atoms with van der Waals surface area (Å²) >= 11 is 0. The van der Waals surface area contributed by atoms with Gasteiger partial charge in [-0.15, -0.1) is 0 Å². The van der Waals surface area contributed by atoms with E-state index < -0.39 is 0 Å². The van der Waals surface area contributed by atoms with Gasteiger partial charge in [-0.1, -0.05) is 24.3 Å². The van der Waals surface area contributed by atoms with E-state index in [4.69, 9.17) is 0 Å². The molecule has 0 amide bonds. The molecular formula is C13H19O2Rh-. The quantitative estimate of drug-likeness (QED) is 0.340. The van der Waals surface area contributed by atoms with E-state index in [9.17, 15) is 9.59 Å². The van der Waals surface area contributed by atoms with Crippen LogP contribution in [0.1, 0.15) is 39.5 Å².